The van der Waals surface area contributed by atoms with Crippen LogP contribution < -0.4 is 10.2 Å². The Hall–Kier alpha value is -1.67. The molecule has 1 aromatic heterocycles. The van der Waals surface area contributed by atoms with Crippen molar-refractivity contribution in [2.24, 2.45) is 0 Å². The first-order valence-electron chi connectivity index (χ1n) is 6.62. The van der Waals surface area contributed by atoms with E-state index in [2.05, 4.69) is 26.5 Å². The maximum absolute atomic E-state index is 9.17. The van der Waals surface area contributed by atoms with Crippen LogP contribution in [0.4, 0.5) is 5.82 Å². The molecule has 94 valence electrons. The Morgan fingerprint density at radius 3 is 3.11 bits per heavy atom. The summed E-state index contributed by atoms with van der Waals surface area (Å²) in [4.78, 5) is 2.27. The summed E-state index contributed by atoms with van der Waals surface area (Å²) in [7, 11) is 0. The third-order valence-electron chi connectivity index (χ3n) is 3.96. The molecule has 18 heavy (non-hydrogen) atoms. The van der Waals surface area contributed by atoms with Gasteiger partial charge in [0.05, 0.1) is 11.8 Å². The molecule has 5 nitrogen and oxygen atoms in total. The molecule has 0 amide bonds. The molecule has 3 rings (SSSR count). The van der Waals surface area contributed by atoms with Crippen LogP contribution in [0.2, 0.25) is 0 Å². The average molecular weight is 243 g/mol. The molecule has 0 bridgehead atoms. The van der Waals surface area contributed by atoms with Crippen LogP contribution in [-0.2, 0) is 0 Å². The van der Waals surface area contributed by atoms with Gasteiger partial charge < -0.3 is 10.2 Å². The lowest BCUT2D eigenvalue weighted by Crippen LogP contribution is -2.44. The Bertz CT molecular complexity index is 461. The zero-order valence-electron chi connectivity index (χ0n) is 10.3. The molecule has 1 aromatic rings. The van der Waals surface area contributed by atoms with E-state index in [-0.39, 0.29) is 0 Å². The van der Waals surface area contributed by atoms with E-state index in [0.29, 0.717) is 17.6 Å². The first-order chi connectivity index (χ1) is 8.90. The Kier molecular flexibility index (Phi) is 3.11. The fourth-order valence-electron chi connectivity index (χ4n) is 3.14. The summed E-state index contributed by atoms with van der Waals surface area (Å²) in [6, 6.07) is 4.98. The lowest BCUT2D eigenvalue weighted by Gasteiger charge is -2.30. The Morgan fingerprint density at radius 1 is 1.39 bits per heavy atom. The standard InChI is InChI=1S/C13H17N5/c14-9-10-5-7-16-17-13(10)18-8-2-4-12(18)11-3-1-6-15-11/h5,7,11-12,15H,1-4,6,8H2. The number of nitrogens with one attached hydrogen (secondary N) is 1. The molecular weight excluding hydrogens is 226 g/mol. The summed E-state index contributed by atoms with van der Waals surface area (Å²) in [6.07, 6.45) is 6.41. The molecule has 5 heteroatoms. The predicted molar refractivity (Wildman–Crippen MR) is 68.1 cm³/mol. The molecule has 2 saturated heterocycles. The van der Waals surface area contributed by atoms with Crippen molar-refractivity contribution in [1.82, 2.24) is 15.5 Å². The third-order valence-corrected chi connectivity index (χ3v) is 3.96. The first-order valence-corrected chi connectivity index (χ1v) is 6.62. The topological polar surface area (TPSA) is 64.8 Å². The summed E-state index contributed by atoms with van der Waals surface area (Å²) in [5.74, 6) is 0.760. The zero-order valence-corrected chi connectivity index (χ0v) is 10.3. The lowest BCUT2D eigenvalue weighted by molar-refractivity contribution is 0.480. The van der Waals surface area contributed by atoms with E-state index in [9.17, 15) is 5.26 Å². The van der Waals surface area contributed by atoms with E-state index < -0.39 is 0 Å². The molecule has 0 radical (unpaired) electrons. The number of rotatable bonds is 2. The molecule has 0 aromatic carbocycles. The number of anilines is 1. The van der Waals surface area contributed by atoms with Crippen molar-refractivity contribution in [3.63, 3.8) is 0 Å². The monoisotopic (exact) mass is 243 g/mol. The zero-order chi connectivity index (χ0) is 12.4. The first kappa shape index (κ1) is 11.4. The van der Waals surface area contributed by atoms with Crippen LogP contribution in [0.25, 0.3) is 0 Å². The Balaban J connectivity index is 1.88. The predicted octanol–water partition coefficient (Wildman–Crippen LogP) is 1.07. The van der Waals surface area contributed by atoms with E-state index in [0.717, 1.165) is 18.9 Å². The van der Waals surface area contributed by atoms with E-state index in [1.54, 1.807) is 12.3 Å². The smallest absolute Gasteiger partial charge is 0.169 e. The number of nitriles is 1. The van der Waals surface area contributed by atoms with Gasteiger partial charge in [0, 0.05) is 18.6 Å². The van der Waals surface area contributed by atoms with E-state index in [4.69, 9.17) is 0 Å². The van der Waals surface area contributed by atoms with E-state index in [1.807, 2.05) is 0 Å². The quantitative estimate of drug-likeness (QED) is 0.841. The van der Waals surface area contributed by atoms with Crippen LogP contribution in [0.15, 0.2) is 12.3 Å². The molecule has 0 aliphatic carbocycles. The van der Waals surface area contributed by atoms with Crippen molar-refractivity contribution in [2.75, 3.05) is 18.0 Å². The number of nitrogens with zero attached hydrogens (tertiary/aromatic N) is 4. The maximum Gasteiger partial charge on any atom is 0.169 e. The van der Waals surface area contributed by atoms with E-state index in [1.165, 1.54) is 25.7 Å². The van der Waals surface area contributed by atoms with E-state index >= 15 is 0 Å². The maximum atomic E-state index is 9.17. The summed E-state index contributed by atoms with van der Waals surface area (Å²) in [6.45, 7) is 2.09. The van der Waals surface area contributed by atoms with Crippen LogP contribution in [0.3, 0.4) is 0 Å². The van der Waals surface area contributed by atoms with Crippen LogP contribution >= 0.6 is 0 Å². The van der Waals surface area contributed by atoms with Gasteiger partial charge >= 0.3 is 0 Å². The summed E-state index contributed by atoms with van der Waals surface area (Å²) < 4.78 is 0. The van der Waals surface area contributed by atoms with Gasteiger partial charge in [-0.3, -0.25) is 0 Å². The molecule has 2 atom stereocenters. The minimum atomic E-state index is 0.469. The van der Waals surface area contributed by atoms with Crippen molar-refractivity contribution in [1.29, 1.82) is 5.26 Å². The second kappa shape index (κ2) is 4.91. The van der Waals surface area contributed by atoms with Gasteiger partial charge in [0.15, 0.2) is 5.82 Å². The van der Waals surface area contributed by atoms with Gasteiger partial charge in [0.25, 0.3) is 0 Å². The number of hydrogen-bond acceptors (Lipinski definition) is 5. The normalized spacial score (nSPS) is 27.4. The minimum Gasteiger partial charge on any atom is -0.349 e. The van der Waals surface area contributed by atoms with Gasteiger partial charge in [-0.05, 0) is 38.3 Å². The van der Waals surface area contributed by atoms with Gasteiger partial charge in [-0.2, -0.15) is 10.4 Å². The number of aromatic nitrogens is 2. The van der Waals surface area contributed by atoms with Crippen molar-refractivity contribution in [3.8, 4) is 6.07 Å². The van der Waals surface area contributed by atoms with Crippen LogP contribution in [0.1, 0.15) is 31.2 Å². The van der Waals surface area contributed by atoms with Gasteiger partial charge in [0.1, 0.15) is 6.07 Å². The van der Waals surface area contributed by atoms with Crippen LogP contribution in [-0.4, -0.2) is 35.4 Å². The van der Waals surface area contributed by atoms with Crippen molar-refractivity contribution < 1.29 is 0 Å². The second-order valence-corrected chi connectivity index (χ2v) is 4.99. The molecule has 2 aliphatic heterocycles. The molecule has 0 spiro atoms. The highest BCUT2D eigenvalue weighted by Crippen LogP contribution is 2.30. The molecule has 3 heterocycles. The van der Waals surface area contributed by atoms with Crippen LogP contribution in [0.5, 0.6) is 0 Å². The Labute approximate surface area is 107 Å². The SMILES string of the molecule is N#Cc1ccnnc1N1CCCC1C1CCCN1. The highest BCUT2D eigenvalue weighted by molar-refractivity contribution is 5.54. The lowest BCUT2D eigenvalue weighted by atomic mass is 10.0. The van der Waals surface area contributed by atoms with Crippen molar-refractivity contribution in [3.05, 3.63) is 17.8 Å². The summed E-state index contributed by atoms with van der Waals surface area (Å²) >= 11 is 0. The fraction of sp³-hybridized carbons (Fsp3) is 0.615. The number of hydrogen-bond donors (Lipinski definition) is 1. The third kappa shape index (κ3) is 1.93. The highest BCUT2D eigenvalue weighted by Gasteiger charge is 2.34. The summed E-state index contributed by atoms with van der Waals surface area (Å²) in [5, 5.41) is 20.8. The molecule has 0 saturated carbocycles. The van der Waals surface area contributed by atoms with Gasteiger partial charge in [-0.25, -0.2) is 0 Å². The second-order valence-electron chi connectivity index (χ2n) is 4.99. The van der Waals surface area contributed by atoms with Crippen molar-refractivity contribution in [2.45, 2.75) is 37.8 Å². The molecular formula is C13H17N5. The van der Waals surface area contributed by atoms with Gasteiger partial charge in [0.2, 0.25) is 0 Å². The molecule has 1 N–H and O–H groups in total. The Morgan fingerprint density at radius 2 is 2.33 bits per heavy atom. The fourth-order valence-corrected chi connectivity index (χ4v) is 3.14. The summed E-state index contributed by atoms with van der Waals surface area (Å²) in [5.41, 5.74) is 0.634. The van der Waals surface area contributed by atoms with Gasteiger partial charge in [-0.1, -0.05) is 0 Å². The molecule has 2 aliphatic rings. The molecule has 2 fully saturated rings. The van der Waals surface area contributed by atoms with Gasteiger partial charge in [-0.15, -0.1) is 5.10 Å². The average Bonchev–Trinajstić information content (AvgIpc) is 3.09. The largest absolute Gasteiger partial charge is 0.349 e. The molecule has 2 unspecified atom stereocenters. The van der Waals surface area contributed by atoms with Crippen LogP contribution in [0, 0.1) is 11.3 Å². The van der Waals surface area contributed by atoms with Crippen molar-refractivity contribution >= 4 is 5.82 Å². The highest BCUT2D eigenvalue weighted by atomic mass is 15.3. The minimum absolute atomic E-state index is 0.469.